The molecule has 17 heavy (non-hydrogen) atoms. The summed E-state index contributed by atoms with van der Waals surface area (Å²) >= 11 is 2.91. The fraction of sp³-hybridized carbons (Fsp3) is 0.375. The Morgan fingerprint density at radius 3 is 2.59 bits per heavy atom. The molecule has 1 aromatic rings. The maximum absolute atomic E-state index is 12.1. The molecule has 0 aromatic carbocycles. The highest BCUT2D eigenvalue weighted by Crippen LogP contribution is 2.37. The molecule has 0 unspecified atom stereocenters. The number of aryl methyl sites for hydroxylation is 1. The number of halogens is 4. The van der Waals surface area contributed by atoms with Gasteiger partial charge in [-0.2, -0.15) is 0 Å². The Morgan fingerprint density at radius 2 is 2.18 bits per heavy atom. The van der Waals surface area contributed by atoms with Gasteiger partial charge in [0.2, 0.25) is 5.75 Å². The first-order valence-electron chi connectivity index (χ1n) is 4.21. The molecule has 1 rings (SSSR count). The number of nitro groups is 1. The Morgan fingerprint density at radius 1 is 1.59 bits per heavy atom. The van der Waals surface area contributed by atoms with Crippen LogP contribution < -0.4 is 4.74 Å². The molecule has 1 aromatic heterocycles. The number of hydrogen-bond donors (Lipinski definition) is 0. The molecule has 0 saturated carbocycles. The summed E-state index contributed by atoms with van der Waals surface area (Å²) in [5.74, 6) is -0.827. The Balaban J connectivity index is 3.39. The number of rotatable bonds is 3. The van der Waals surface area contributed by atoms with Crippen molar-refractivity contribution in [2.75, 3.05) is 0 Å². The van der Waals surface area contributed by atoms with Crippen molar-refractivity contribution < 1.29 is 22.8 Å². The lowest BCUT2D eigenvalue weighted by molar-refractivity contribution is -0.389. The molecular weight excluding hydrogens is 309 g/mol. The molecule has 5 nitrogen and oxygen atoms in total. The van der Waals surface area contributed by atoms with Gasteiger partial charge in [-0.15, -0.1) is 13.2 Å². The van der Waals surface area contributed by atoms with E-state index in [-0.39, 0.29) is 16.6 Å². The lowest BCUT2D eigenvalue weighted by atomic mass is 10.2. The lowest BCUT2D eigenvalue weighted by Gasteiger charge is -2.12. The molecule has 0 atom stereocenters. The number of ether oxygens (including phenoxy) is 1. The molecule has 0 radical (unpaired) electrons. The Hall–Kier alpha value is -1.38. The van der Waals surface area contributed by atoms with Crippen molar-refractivity contribution in [3.05, 3.63) is 27.6 Å². The minimum atomic E-state index is -4.99. The van der Waals surface area contributed by atoms with Crippen molar-refractivity contribution in [1.82, 2.24) is 4.98 Å². The maximum atomic E-state index is 12.1. The van der Waals surface area contributed by atoms with E-state index in [0.29, 0.717) is 0 Å². The van der Waals surface area contributed by atoms with Crippen LogP contribution in [0.25, 0.3) is 0 Å². The Kier molecular flexibility index (Phi) is 3.91. The van der Waals surface area contributed by atoms with Gasteiger partial charge in [-0.05, 0) is 6.92 Å². The topological polar surface area (TPSA) is 65.3 Å². The highest BCUT2D eigenvalue weighted by Gasteiger charge is 2.36. The van der Waals surface area contributed by atoms with E-state index in [2.05, 4.69) is 25.7 Å². The number of hydrogen-bond acceptors (Lipinski definition) is 4. The lowest BCUT2D eigenvalue weighted by Crippen LogP contribution is -2.19. The van der Waals surface area contributed by atoms with Crippen LogP contribution in [-0.2, 0) is 5.33 Å². The van der Waals surface area contributed by atoms with Gasteiger partial charge in [-0.1, -0.05) is 15.9 Å². The average molecular weight is 315 g/mol. The molecule has 0 bridgehead atoms. The average Bonchev–Trinajstić information content (AvgIpc) is 2.18. The zero-order chi connectivity index (χ0) is 13.2. The third kappa shape index (κ3) is 3.29. The fourth-order valence-corrected chi connectivity index (χ4v) is 1.55. The fourth-order valence-electron chi connectivity index (χ4n) is 1.14. The van der Waals surface area contributed by atoms with Crippen LogP contribution >= 0.6 is 15.9 Å². The standard InChI is InChI=1S/C8H6BrF3N2O3/c1-4-3-13-5(2-9)6(14(15)16)7(4)17-8(10,11)12/h3H,2H2,1H3. The van der Waals surface area contributed by atoms with E-state index in [1.165, 1.54) is 6.92 Å². The van der Waals surface area contributed by atoms with Crippen LogP contribution in [0.4, 0.5) is 18.9 Å². The van der Waals surface area contributed by atoms with E-state index in [1.54, 1.807) is 0 Å². The smallest absolute Gasteiger partial charge is 0.398 e. The molecule has 0 N–H and O–H groups in total. The van der Waals surface area contributed by atoms with E-state index < -0.39 is 22.7 Å². The third-order valence-electron chi connectivity index (χ3n) is 1.79. The van der Waals surface area contributed by atoms with Gasteiger partial charge < -0.3 is 4.74 Å². The monoisotopic (exact) mass is 314 g/mol. The van der Waals surface area contributed by atoms with Crippen LogP contribution in [0.3, 0.4) is 0 Å². The number of alkyl halides is 4. The van der Waals surface area contributed by atoms with Gasteiger partial charge in [0.1, 0.15) is 5.69 Å². The number of aromatic nitrogens is 1. The molecule has 0 saturated heterocycles. The number of pyridine rings is 1. The van der Waals surface area contributed by atoms with Gasteiger partial charge in [-0.25, -0.2) is 0 Å². The molecule has 0 spiro atoms. The summed E-state index contributed by atoms with van der Waals surface area (Å²) in [6.45, 7) is 1.25. The highest BCUT2D eigenvalue weighted by atomic mass is 79.9. The van der Waals surface area contributed by atoms with E-state index >= 15 is 0 Å². The van der Waals surface area contributed by atoms with Crippen LogP contribution in [0.2, 0.25) is 0 Å². The second-order valence-corrected chi connectivity index (χ2v) is 3.56. The summed E-state index contributed by atoms with van der Waals surface area (Å²) in [6, 6.07) is 0. The number of nitrogens with zero attached hydrogens (tertiary/aromatic N) is 2. The van der Waals surface area contributed by atoms with Gasteiger partial charge in [0.05, 0.1) is 10.3 Å². The van der Waals surface area contributed by atoms with Gasteiger partial charge in [-0.3, -0.25) is 15.1 Å². The summed E-state index contributed by atoms with van der Waals surface area (Å²) in [6.07, 6.45) is -3.90. The van der Waals surface area contributed by atoms with E-state index in [1.807, 2.05) is 0 Å². The molecule has 0 aliphatic carbocycles. The second-order valence-electron chi connectivity index (χ2n) is 3.00. The van der Waals surface area contributed by atoms with Crippen LogP contribution in [0, 0.1) is 17.0 Å². The summed E-state index contributed by atoms with van der Waals surface area (Å²) < 4.78 is 40.0. The summed E-state index contributed by atoms with van der Waals surface area (Å²) in [5.41, 5.74) is -0.960. The van der Waals surface area contributed by atoms with E-state index in [0.717, 1.165) is 6.20 Å². The van der Waals surface area contributed by atoms with Crippen LogP contribution in [0.5, 0.6) is 5.75 Å². The van der Waals surface area contributed by atoms with Crippen molar-refractivity contribution in [1.29, 1.82) is 0 Å². The predicted octanol–water partition coefficient (Wildman–Crippen LogP) is 3.09. The molecule has 94 valence electrons. The Labute approximate surface area is 102 Å². The van der Waals surface area contributed by atoms with Crippen molar-refractivity contribution in [2.45, 2.75) is 18.6 Å². The van der Waals surface area contributed by atoms with E-state index in [4.69, 9.17) is 0 Å². The highest BCUT2D eigenvalue weighted by molar-refractivity contribution is 9.08. The molecule has 9 heteroatoms. The molecule has 0 aliphatic heterocycles. The Bertz CT molecular complexity index is 450. The third-order valence-corrected chi connectivity index (χ3v) is 2.32. The largest absolute Gasteiger partial charge is 0.573 e. The van der Waals surface area contributed by atoms with E-state index in [9.17, 15) is 23.3 Å². The summed E-state index contributed by atoms with van der Waals surface area (Å²) in [5, 5.41) is 10.7. The molecule has 1 heterocycles. The van der Waals surface area contributed by atoms with Crippen LogP contribution in [-0.4, -0.2) is 16.3 Å². The zero-order valence-corrected chi connectivity index (χ0v) is 10.0. The summed E-state index contributed by atoms with van der Waals surface area (Å²) in [7, 11) is 0. The molecular formula is C8H6BrF3N2O3. The van der Waals surface area contributed by atoms with Gasteiger partial charge in [0.15, 0.2) is 0 Å². The quantitative estimate of drug-likeness (QED) is 0.488. The molecule has 0 amide bonds. The molecule has 0 aliphatic rings. The SMILES string of the molecule is Cc1cnc(CBr)c([N+](=O)[O-])c1OC(F)(F)F. The van der Waals surface area contributed by atoms with Gasteiger partial charge >= 0.3 is 12.0 Å². The first-order valence-corrected chi connectivity index (χ1v) is 5.33. The minimum absolute atomic E-state index is 0.0438. The normalized spacial score (nSPS) is 11.4. The second kappa shape index (κ2) is 4.86. The van der Waals surface area contributed by atoms with Crippen molar-refractivity contribution in [3.8, 4) is 5.75 Å². The van der Waals surface area contributed by atoms with Crippen LogP contribution in [0.15, 0.2) is 6.20 Å². The minimum Gasteiger partial charge on any atom is -0.398 e. The molecule has 0 fully saturated rings. The first kappa shape index (κ1) is 13.7. The predicted molar refractivity (Wildman–Crippen MR) is 54.9 cm³/mol. The zero-order valence-electron chi connectivity index (χ0n) is 8.42. The van der Waals surface area contributed by atoms with Crippen LogP contribution in [0.1, 0.15) is 11.3 Å². The maximum Gasteiger partial charge on any atom is 0.573 e. The van der Waals surface area contributed by atoms with Crippen molar-refractivity contribution in [2.24, 2.45) is 0 Å². The first-order chi connectivity index (χ1) is 7.76. The van der Waals surface area contributed by atoms with Gasteiger partial charge in [0.25, 0.3) is 0 Å². The van der Waals surface area contributed by atoms with Crippen molar-refractivity contribution in [3.63, 3.8) is 0 Å². The summed E-state index contributed by atoms with van der Waals surface area (Å²) in [4.78, 5) is 13.5. The van der Waals surface area contributed by atoms with Crippen molar-refractivity contribution >= 4 is 21.6 Å². The van der Waals surface area contributed by atoms with Gasteiger partial charge in [0, 0.05) is 11.8 Å².